The van der Waals surface area contributed by atoms with Gasteiger partial charge in [-0.05, 0) is 55.0 Å². The number of carbonyl (C=O) groups is 1. The molecule has 0 fully saturated rings. The van der Waals surface area contributed by atoms with E-state index < -0.39 is 16.0 Å². The maximum Gasteiger partial charge on any atom is 0.341 e. The Labute approximate surface area is 167 Å². The summed E-state index contributed by atoms with van der Waals surface area (Å²) in [4.78, 5) is 12.3. The average Bonchev–Trinajstić information content (AvgIpc) is 2.99. The van der Waals surface area contributed by atoms with Crippen LogP contribution in [0.2, 0.25) is 5.02 Å². The van der Waals surface area contributed by atoms with Crippen LogP contribution >= 0.6 is 11.6 Å². The van der Waals surface area contributed by atoms with Gasteiger partial charge in [-0.2, -0.15) is 0 Å². The number of esters is 1. The van der Waals surface area contributed by atoms with Crippen LogP contribution < -0.4 is 10.9 Å². The maximum absolute atomic E-state index is 12.3. The first-order valence-corrected chi connectivity index (χ1v) is 10.2. The number of primary sulfonamides is 1. The van der Waals surface area contributed by atoms with Gasteiger partial charge in [0.15, 0.2) is 0 Å². The summed E-state index contributed by atoms with van der Waals surface area (Å²) in [7, 11) is -3.82. The van der Waals surface area contributed by atoms with Gasteiger partial charge in [0.05, 0.1) is 17.2 Å². The summed E-state index contributed by atoms with van der Waals surface area (Å²) in [6, 6.07) is 14.5. The number of hydrogen-bond donors (Lipinski definition) is 2. The highest BCUT2D eigenvalue weighted by Crippen LogP contribution is 2.32. The molecule has 0 amide bonds. The number of nitrogen functional groups attached to an aromatic ring is 1. The van der Waals surface area contributed by atoms with Crippen LogP contribution in [-0.2, 0) is 14.8 Å². The molecule has 4 N–H and O–H groups in total. The van der Waals surface area contributed by atoms with E-state index in [1.165, 1.54) is 12.1 Å². The number of anilines is 1. The summed E-state index contributed by atoms with van der Waals surface area (Å²) in [5.74, 6) is -0.373. The molecule has 0 aliphatic rings. The number of ether oxygens (including phenoxy) is 1. The molecule has 7 nitrogen and oxygen atoms in total. The molecule has 2 aromatic carbocycles. The number of nitrogens with zero attached hydrogens (tertiary/aromatic N) is 1. The topological polar surface area (TPSA) is 117 Å². The summed E-state index contributed by atoms with van der Waals surface area (Å²) >= 11 is 5.97. The largest absolute Gasteiger partial charge is 0.462 e. The molecular formula is C19H18ClN3O4S. The molecule has 3 aromatic rings. The van der Waals surface area contributed by atoms with Crippen LogP contribution in [0.1, 0.15) is 17.3 Å². The minimum atomic E-state index is -3.82. The minimum Gasteiger partial charge on any atom is -0.462 e. The van der Waals surface area contributed by atoms with Crippen LogP contribution in [0.15, 0.2) is 59.5 Å². The predicted octanol–water partition coefficient (Wildman–Crippen LogP) is 3.20. The number of aromatic nitrogens is 1. The zero-order valence-corrected chi connectivity index (χ0v) is 16.5. The number of carbonyl (C=O) groups excluding carboxylic acids is 1. The van der Waals surface area contributed by atoms with Gasteiger partial charge in [0.1, 0.15) is 11.4 Å². The van der Waals surface area contributed by atoms with Crippen molar-refractivity contribution < 1.29 is 17.9 Å². The van der Waals surface area contributed by atoms with E-state index in [2.05, 4.69) is 0 Å². The zero-order chi connectivity index (χ0) is 20.5. The first-order chi connectivity index (χ1) is 13.2. The Morgan fingerprint density at radius 3 is 2.25 bits per heavy atom. The van der Waals surface area contributed by atoms with Crippen LogP contribution in [0, 0.1) is 0 Å². The number of nitrogens with two attached hydrogens (primary N) is 2. The number of hydrogen-bond acceptors (Lipinski definition) is 5. The quantitative estimate of drug-likeness (QED) is 0.615. The van der Waals surface area contributed by atoms with Crippen molar-refractivity contribution in [1.29, 1.82) is 0 Å². The van der Waals surface area contributed by atoms with Gasteiger partial charge >= 0.3 is 5.97 Å². The fourth-order valence-corrected chi connectivity index (χ4v) is 3.44. The first kappa shape index (κ1) is 19.9. The molecule has 0 unspecified atom stereocenters. The summed E-state index contributed by atoms with van der Waals surface area (Å²) in [5, 5.41) is 5.72. The van der Waals surface area contributed by atoms with Crippen LogP contribution in [-0.4, -0.2) is 25.6 Å². The molecule has 0 saturated carbocycles. The van der Waals surface area contributed by atoms with Crippen LogP contribution in [0.4, 0.5) is 5.82 Å². The Balaban J connectivity index is 2.20. The van der Waals surface area contributed by atoms with Crippen molar-refractivity contribution in [3.8, 4) is 16.9 Å². The van der Waals surface area contributed by atoms with E-state index in [-0.39, 0.29) is 22.9 Å². The molecule has 9 heteroatoms. The standard InChI is InChI=1S/C19H18ClN3O4S/c1-2-27-19(24)16-11-17(12-3-5-13(20)6-4-12)23(18(16)21)14-7-9-15(10-8-14)28(22,25)26/h3-11H,2,21H2,1H3,(H2,22,25,26). The van der Waals surface area contributed by atoms with Gasteiger partial charge in [-0.1, -0.05) is 23.7 Å². The Bertz CT molecular complexity index is 1120. The molecule has 3 rings (SSSR count). The van der Waals surface area contributed by atoms with Crippen molar-refractivity contribution in [2.45, 2.75) is 11.8 Å². The van der Waals surface area contributed by atoms with E-state index in [4.69, 9.17) is 27.2 Å². The first-order valence-electron chi connectivity index (χ1n) is 8.30. The highest BCUT2D eigenvalue weighted by Gasteiger charge is 2.21. The van der Waals surface area contributed by atoms with Crippen molar-refractivity contribution in [1.82, 2.24) is 4.57 Å². The molecule has 0 atom stereocenters. The lowest BCUT2D eigenvalue weighted by Gasteiger charge is -2.12. The second kappa shape index (κ2) is 7.67. The Morgan fingerprint density at radius 2 is 1.71 bits per heavy atom. The number of benzene rings is 2. The third-order valence-corrected chi connectivity index (χ3v) is 5.28. The van der Waals surface area contributed by atoms with Crippen molar-refractivity contribution in [3.05, 3.63) is 65.2 Å². The summed E-state index contributed by atoms with van der Waals surface area (Å²) in [6.07, 6.45) is 0. The molecule has 146 valence electrons. The molecule has 0 saturated heterocycles. The lowest BCUT2D eigenvalue weighted by molar-refractivity contribution is 0.0528. The number of sulfonamides is 1. The van der Waals surface area contributed by atoms with E-state index in [1.807, 2.05) is 0 Å². The van der Waals surface area contributed by atoms with Crippen LogP contribution in [0.5, 0.6) is 0 Å². The van der Waals surface area contributed by atoms with Gasteiger partial charge in [-0.3, -0.25) is 4.57 Å². The monoisotopic (exact) mass is 419 g/mol. The van der Waals surface area contributed by atoms with Gasteiger partial charge < -0.3 is 10.5 Å². The lowest BCUT2D eigenvalue weighted by Crippen LogP contribution is -2.12. The number of rotatable bonds is 5. The van der Waals surface area contributed by atoms with Gasteiger partial charge in [0.25, 0.3) is 0 Å². The molecule has 0 bridgehead atoms. The maximum atomic E-state index is 12.3. The SMILES string of the molecule is CCOC(=O)c1cc(-c2ccc(Cl)cc2)n(-c2ccc(S(N)(=O)=O)cc2)c1N. The fraction of sp³-hybridized carbons (Fsp3) is 0.105. The van der Waals surface area contributed by atoms with Crippen molar-refractivity contribution in [3.63, 3.8) is 0 Å². The van der Waals surface area contributed by atoms with Crippen LogP contribution in [0.3, 0.4) is 0 Å². The number of halogens is 1. The molecule has 1 aromatic heterocycles. The molecule has 28 heavy (non-hydrogen) atoms. The molecular weight excluding hydrogens is 402 g/mol. The smallest absolute Gasteiger partial charge is 0.341 e. The second-order valence-corrected chi connectivity index (χ2v) is 7.93. The molecule has 0 aliphatic carbocycles. The predicted molar refractivity (Wildman–Crippen MR) is 108 cm³/mol. The molecule has 0 aliphatic heterocycles. The van der Waals surface area contributed by atoms with Gasteiger partial charge in [-0.25, -0.2) is 18.4 Å². The van der Waals surface area contributed by atoms with Gasteiger partial charge in [-0.15, -0.1) is 0 Å². The Morgan fingerprint density at radius 1 is 1.11 bits per heavy atom. The Hall–Kier alpha value is -2.81. The van der Waals surface area contributed by atoms with Crippen molar-refractivity contribution >= 4 is 33.4 Å². The zero-order valence-electron chi connectivity index (χ0n) is 14.9. The van der Waals surface area contributed by atoms with E-state index in [1.54, 1.807) is 54.0 Å². The normalized spacial score (nSPS) is 11.4. The Kier molecular flexibility index (Phi) is 5.46. The summed E-state index contributed by atoms with van der Waals surface area (Å²) in [5.41, 5.74) is 8.41. The fourth-order valence-electron chi connectivity index (χ4n) is 2.79. The summed E-state index contributed by atoms with van der Waals surface area (Å²) < 4.78 is 29.7. The van der Waals surface area contributed by atoms with E-state index in [0.29, 0.717) is 16.4 Å². The van der Waals surface area contributed by atoms with Crippen molar-refractivity contribution in [2.24, 2.45) is 5.14 Å². The minimum absolute atomic E-state index is 0.0272. The average molecular weight is 420 g/mol. The van der Waals surface area contributed by atoms with Gasteiger partial charge in [0.2, 0.25) is 10.0 Å². The van der Waals surface area contributed by atoms with Crippen molar-refractivity contribution in [2.75, 3.05) is 12.3 Å². The highest BCUT2D eigenvalue weighted by atomic mass is 35.5. The van der Waals surface area contributed by atoms with E-state index in [0.717, 1.165) is 5.56 Å². The van der Waals surface area contributed by atoms with Crippen LogP contribution in [0.25, 0.3) is 16.9 Å². The van der Waals surface area contributed by atoms with E-state index in [9.17, 15) is 13.2 Å². The van der Waals surface area contributed by atoms with E-state index >= 15 is 0 Å². The molecule has 0 spiro atoms. The third kappa shape index (κ3) is 3.89. The van der Waals surface area contributed by atoms with Gasteiger partial charge in [0, 0.05) is 10.7 Å². The molecule has 0 radical (unpaired) electrons. The highest BCUT2D eigenvalue weighted by molar-refractivity contribution is 7.89. The lowest BCUT2D eigenvalue weighted by atomic mass is 10.1. The summed E-state index contributed by atoms with van der Waals surface area (Å²) in [6.45, 7) is 1.92. The second-order valence-electron chi connectivity index (χ2n) is 5.93. The third-order valence-electron chi connectivity index (χ3n) is 4.10. The molecule has 1 heterocycles.